The van der Waals surface area contributed by atoms with E-state index in [1.165, 1.54) is 0 Å². The van der Waals surface area contributed by atoms with E-state index >= 15 is 0 Å². The standard InChI is InChI=1S/C7H7NO2S/c9-7-4-5(8-10-7)6-2-1-3-11-6/h1-3,7,9H,4H2. The molecular formula is C7H7NO2S. The van der Waals surface area contributed by atoms with Gasteiger partial charge in [0.1, 0.15) is 5.71 Å². The first kappa shape index (κ1) is 6.82. The monoisotopic (exact) mass is 169 g/mol. The fourth-order valence-electron chi connectivity index (χ4n) is 0.953. The van der Waals surface area contributed by atoms with E-state index in [4.69, 9.17) is 5.11 Å². The molecule has 1 N–H and O–H groups in total. The highest BCUT2D eigenvalue weighted by Gasteiger charge is 2.19. The second-order valence-corrected chi connectivity index (χ2v) is 3.23. The predicted octanol–water partition coefficient (Wildman–Crippen LogP) is 1.19. The molecular weight excluding hydrogens is 162 g/mol. The first-order valence-corrected chi connectivity index (χ1v) is 4.19. The van der Waals surface area contributed by atoms with E-state index < -0.39 is 6.29 Å². The Kier molecular flexibility index (Phi) is 1.63. The molecule has 1 aromatic heterocycles. The van der Waals surface area contributed by atoms with E-state index in [0.29, 0.717) is 6.42 Å². The number of aliphatic hydroxyl groups excluding tert-OH is 1. The van der Waals surface area contributed by atoms with E-state index in [1.54, 1.807) is 11.3 Å². The Morgan fingerprint density at radius 1 is 1.73 bits per heavy atom. The van der Waals surface area contributed by atoms with Crippen LogP contribution in [0.5, 0.6) is 0 Å². The molecule has 11 heavy (non-hydrogen) atoms. The van der Waals surface area contributed by atoms with Gasteiger partial charge in [-0.1, -0.05) is 11.2 Å². The van der Waals surface area contributed by atoms with E-state index in [1.807, 2.05) is 17.5 Å². The summed E-state index contributed by atoms with van der Waals surface area (Å²) < 4.78 is 0. The first-order valence-electron chi connectivity index (χ1n) is 3.31. The molecule has 0 radical (unpaired) electrons. The van der Waals surface area contributed by atoms with Gasteiger partial charge in [0, 0.05) is 0 Å². The molecule has 4 heteroatoms. The van der Waals surface area contributed by atoms with Crippen molar-refractivity contribution in [2.75, 3.05) is 0 Å². The Morgan fingerprint density at radius 2 is 2.64 bits per heavy atom. The Labute approximate surface area is 67.9 Å². The van der Waals surface area contributed by atoms with Crippen molar-refractivity contribution >= 4 is 17.0 Å². The molecule has 1 aliphatic heterocycles. The van der Waals surface area contributed by atoms with Gasteiger partial charge in [0.2, 0.25) is 6.29 Å². The van der Waals surface area contributed by atoms with E-state index in [9.17, 15) is 0 Å². The summed E-state index contributed by atoms with van der Waals surface area (Å²) in [6.45, 7) is 0. The van der Waals surface area contributed by atoms with Gasteiger partial charge < -0.3 is 9.94 Å². The molecule has 1 aliphatic rings. The number of hydrogen-bond donors (Lipinski definition) is 1. The molecule has 1 unspecified atom stereocenters. The summed E-state index contributed by atoms with van der Waals surface area (Å²) in [5.41, 5.74) is 0.840. The van der Waals surface area contributed by atoms with Gasteiger partial charge in [-0.25, -0.2) is 0 Å². The van der Waals surface area contributed by atoms with Gasteiger partial charge in [0.25, 0.3) is 0 Å². The lowest BCUT2D eigenvalue weighted by molar-refractivity contribution is -0.0762. The van der Waals surface area contributed by atoms with Crippen LogP contribution in [0.2, 0.25) is 0 Å². The lowest BCUT2D eigenvalue weighted by Gasteiger charge is -1.94. The quantitative estimate of drug-likeness (QED) is 0.686. The summed E-state index contributed by atoms with van der Waals surface area (Å²) in [5, 5.41) is 14.7. The third-order valence-electron chi connectivity index (χ3n) is 1.46. The Balaban J connectivity index is 2.19. The zero-order valence-corrected chi connectivity index (χ0v) is 6.54. The van der Waals surface area contributed by atoms with Crippen LogP contribution in [-0.4, -0.2) is 17.1 Å². The second-order valence-electron chi connectivity index (χ2n) is 2.28. The average molecular weight is 169 g/mol. The predicted molar refractivity (Wildman–Crippen MR) is 42.6 cm³/mol. The summed E-state index contributed by atoms with van der Waals surface area (Å²) in [7, 11) is 0. The number of oxime groups is 1. The zero-order chi connectivity index (χ0) is 7.68. The van der Waals surface area contributed by atoms with Gasteiger partial charge in [0.15, 0.2) is 0 Å². The Bertz CT molecular complexity index is 268. The summed E-state index contributed by atoms with van der Waals surface area (Å²) in [6.07, 6.45) is -0.243. The maximum atomic E-state index is 8.97. The van der Waals surface area contributed by atoms with Gasteiger partial charge in [0.05, 0.1) is 11.3 Å². The van der Waals surface area contributed by atoms with Crippen molar-refractivity contribution < 1.29 is 9.94 Å². The van der Waals surface area contributed by atoms with Crippen LogP contribution in [0.15, 0.2) is 22.7 Å². The van der Waals surface area contributed by atoms with Crippen LogP contribution < -0.4 is 0 Å². The molecule has 1 aromatic rings. The molecule has 3 nitrogen and oxygen atoms in total. The minimum Gasteiger partial charge on any atom is -0.363 e. The number of hydrogen-bond acceptors (Lipinski definition) is 4. The molecule has 0 bridgehead atoms. The van der Waals surface area contributed by atoms with Crippen molar-refractivity contribution in [1.82, 2.24) is 0 Å². The number of thiophene rings is 1. The van der Waals surface area contributed by atoms with Gasteiger partial charge in [-0.15, -0.1) is 11.3 Å². The van der Waals surface area contributed by atoms with Gasteiger partial charge in [-0.2, -0.15) is 0 Å². The maximum absolute atomic E-state index is 8.97. The van der Waals surface area contributed by atoms with Crippen molar-refractivity contribution in [3.05, 3.63) is 22.4 Å². The van der Waals surface area contributed by atoms with Crippen molar-refractivity contribution in [3.63, 3.8) is 0 Å². The average Bonchev–Trinajstić information content (AvgIpc) is 2.55. The molecule has 0 aromatic carbocycles. The molecule has 0 spiro atoms. The second kappa shape index (κ2) is 2.64. The van der Waals surface area contributed by atoms with Crippen molar-refractivity contribution in [3.8, 4) is 0 Å². The molecule has 2 rings (SSSR count). The number of aliphatic hydroxyl groups is 1. The largest absolute Gasteiger partial charge is 0.363 e. The number of rotatable bonds is 1. The molecule has 0 saturated carbocycles. The maximum Gasteiger partial charge on any atom is 0.230 e. The first-order chi connectivity index (χ1) is 5.36. The Morgan fingerprint density at radius 3 is 3.18 bits per heavy atom. The summed E-state index contributed by atoms with van der Waals surface area (Å²) in [5.74, 6) is 0. The van der Waals surface area contributed by atoms with Gasteiger partial charge in [-0.3, -0.25) is 0 Å². The minimum absolute atomic E-state index is 0.501. The van der Waals surface area contributed by atoms with Crippen molar-refractivity contribution in [2.45, 2.75) is 12.7 Å². The summed E-state index contributed by atoms with van der Waals surface area (Å²) in [6, 6.07) is 3.91. The topological polar surface area (TPSA) is 41.8 Å². The highest BCUT2D eigenvalue weighted by Crippen LogP contribution is 2.18. The summed E-state index contributed by atoms with van der Waals surface area (Å²) in [4.78, 5) is 5.71. The van der Waals surface area contributed by atoms with Crippen LogP contribution in [0.1, 0.15) is 11.3 Å². The van der Waals surface area contributed by atoms with E-state index in [-0.39, 0.29) is 0 Å². The van der Waals surface area contributed by atoms with Crippen LogP contribution >= 0.6 is 11.3 Å². The third-order valence-corrected chi connectivity index (χ3v) is 2.38. The molecule has 1 atom stereocenters. The number of nitrogens with zero attached hydrogens (tertiary/aromatic N) is 1. The summed E-state index contributed by atoms with van der Waals surface area (Å²) >= 11 is 1.60. The van der Waals surface area contributed by atoms with Crippen LogP contribution in [0.25, 0.3) is 0 Å². The minimum atomic E-state index is -0.743. The fraction of sp³-hybridized carbons (Fsp3) is 0.286. The van der Waals surface area contributed by atoms with Crippen LogP contribution in [-0.2, 0) is 4.84 Å². The normalized spacial score (nSPS) is 23.0. The zero-order valence-electron chi connectivity index (χ0n) is 5.73. The lowest BCUT2D eigenvalue weighted by Crippen LogP contribution is -2.05. The van der Waals surface area contributed by atoms with Crippen LogP contribution in [0.4, 0.5) is 0 Å². The molecule has 0 amide bonds. The van der Waals surface area contributed by atoms with Crippen LogP contribution in [0.3, 0.4) is 0 Å². The van der Waals surface area contributed by atoms with Gasteiger partial charge in [-0.05, 0) is 11.4 Å². The smallest absolute Gasteiger partial charge is 0.230 e. The van der Waals surface area contributed by atoms with Crippen LogP contribution in [0, 0.1) is 0 Å². The SMILES string of the molecule is OC1CC(c2cccs2)=NO1. The molecule has 2 heterocycles. The molecule has 0 fully saturated rings. The molecule has 58 valence electrons. The van der Waals surface area contributed by atoms with E-state index in [0.717, 1.165) is 10.6 Å². The molecule has 0 aliphatic carbocycles. The Hall–Kier alpha value is -0.870. The fourth-order valence-corrected chi connectivity index (χ4v) is 1.67. The third kappa shape index (κ3) is 1.27. The lowest BCUT2D eigenvalue weighted by atomic mass is 10.2. The molecule has 0 saturated heterocycles. The van der Waals surface area contributed by atoms with Crippen molar-refractivity contribution in [2.24, 2.45) is 5.16 Å². The highest BCUT2D eigenvalue weighted by atomic mass is 32.1. The van der Waals surface area contributed by atoms with Crippen molar-refractivity contribution in [1.29, 1.82) is 0 Å². The van der Waals surface area contributed by atoms with Gasteiger partial charge >= 0.3 is 0 Å². The van der Waals surface area contributed by atoms with E-state index in [2.05, 4.69) is 9.99 Å². The highest BCUT2D eigenvalue weighted by molar-refractivity contribution is 7.12.